The topological polar surface area (TPSA) is 48.5 Å². The summed E-state index contributed by atoms with van der Waals surface area (Å²) in [5, 5.41) is 11.5. The fourth-order valence-electron chi connectivity index (χ4n) is 4.28. The van der Waals surface area contributed by atoms with E-state index in [2.05, 4.69) is 41.3 Å². The lowest BCUT2D eigenvalue weighted by Crippen LogP contribution is -2.60. The first-order valence-corrected chi connectivity index (χ1v) is 7.18. The summed E-state index contributed by atoms with van der Waals surface area (Å²) in [6.45, 7) is 0.714. The minimum atomic E-state index is -0.402. The van der Waals surface area contributed by atoms with Crippen molar-refractivity contribution in [2.24, 2.45) is 0 Å². The van der Waals surface area contributed by atoms with Crippen LogP contribution in [0.2, 0.25) is 0 Å². The van der Waals surface area contributed by atoms with Gasteiger partial charge in [-0.2, -0.15) is 0 Å². The summed E-state index contributed by atoms with van der Waals surface area (Å²) in [5.74, 6) is 0. The Morgan fingerprint density at radius 2 is 2.30 bits per heavy atom. The zero-order chi connectivity index (χ0) is 13.9. The number of aliphatic hydroxyl groups is 1. The van der Waals surface area contributed by atoms with Gasteiger partial charge in [0.1, 0.15) is 5.60 Å². The van der Waals surface area contributed by atoms with E-state index in [1.807, 2.05) is 0 Å². The number of hydrogen-bond acceptors (Lipinski definition) is 3. The van der Waals surface area contributed by atoms with Crippen LogP contribution < -0.4 is 0 Å². The number of methoxy groups -OCH3 is 1. The number of nitrogens with one attached hydrogen (secondary N) is 1. The second-order valence-electron chi connectivity index (χ2n) is 6.15. The van der Waals surface area contributed by atoms with Crippen LogP contribution in [0.25, 0.3) is 10.9 Å². The van der Waals surface area contributed by atoms with Crippen molar-refractivity contribution in [3.63, 3.8) is 0 Å². The molecule has 1 aliphatic heterocycles. The first-order chi connectivity index (χ1) is 9.65. The molecule has 0 bridgehead atoms. The summed E-state index contributed by atoms with van der Waals surface area (Å²) in [6.07, 6.45) is 3.41. The number of nitrogens with zero attached hydrogens (tertiary/aromatic N) is 1. The molecule has 2 aromatic rings. The quantitative estimate of drug-likeness (QED) is 0.829. The van der Waals surface area contributed by atoms with E-state index in [9.17, 15) is 5.11 Å². The van der Waals surface area contributed by atoms with Gasteiger partial charge >= 0.3 is 0 Å². The maximum absolute atomic E-state index is 10.2. The number of β-amino-alcohol motifs (C(OH)–C–C–N with tert-alkyl or cyclic N) is 1. The van der Waals surface area contributed by atoms with Crippen LogP contribution in [0.3, 0.4) is 0 Å². The fraction of sp³-hybridized carbons (Fsp3) is 0.500. The fourth-order valence-corrected chi connectivity index (χ4v) is 4.28. The smallest absolute Gasteiger partial charge is 0.112 e. The molecule has 0 saturated carbocycles. The minimum absolute atomic E-state index is 0.282. The molecular formula is C16H20N2O2. The molecule has 1 aliphatic carbocycles. The first-order valence-electron chi connectivity index (χ1n) is 7.18. The number of H-pyrrole nitrogens is 1. The van der Waals surface area contributed by atoms with E-state index in [4.69, 9.17) is 4.74 Å². The van der Waals surface area contributed by atoms with E-state index in [1.54, 1.807) is 7.11 Å². The third-order valence-corrected chi connectivity index (χ3v) is 5.13. The minimum Gasteiger partial charge on any atom is -0.392 e. The van der Waals surface area contributed by atoms with E-state index in [0.717, 1.165) is 11.9 Å². The first kappa shape index (κ1) is 12.4. The molecule has 20 heavy (non-hydrogen) atoms. The predicted octanol–water partition coefficient (Wildman–Crippen LogP) is 1.63. The number of piperidine rings is 1. The Balaban J connectivity index is 2.00. The number of rotatable bonds is 1. The highest BCUT2D eigenvalue weighted by molar-refractivity contribution is 5.88. The summed E-state index contributed by atoms with van der Waals surface area (Å²) in [4.78, 5) is 5.60. The Kier molecular flexibility index (Phi) is 2.52. The van der Waals surface area contributed by atoms with Crippen molar-refractivity contribution in [1.29, 1.82) is 0 Å². The molecule has 4 heteroatoms. The summed E-state index contributed by atoms with van der Waals surface area (Å²) >= 11 is 0. The summed E-state index contributed by atoms with van der Waals surface area (Å²) < 4.78 is 6.02. The Hall–Kier alpha value is -1.36. The molecule has 4 nitrogen and oxygen atoms in total. The molecule has 3 atom stereocenters. The van der Waals surface area contributed by atoms with Gasteiger partial charge in [-0.15, -0.1) is 0 Å². The van der Waals surface area contributed by atoms with Crippen LogP contribution in [-0.4, -0.2) is 47.8 Å². The molecule has 0 unspecified atom stereocenters. The molecular weight excluding hydrogens is 252 g/mol. The van der Waals surface area contributed by atoms with Gasteiger partial charge in [0.15, 0.2) is 0 Å². The van der Waals surface area contributed by atoms with Crippen LogP contribution in [-0.2, 0) is 16.8 Å². The van der Waals surface area contributed by atoms with Crippen molar-refractivity contribution < 1.29 is 9.84 Å². The zero-order valence-corrected chi connectivity index (χ0v) is 11.9. The van der Waals surface area contributed by atoms with Crippen molar-refractivity contribution in [3.8, 4) is 0 Å². The van der Waals surface area contributed by atoms with Crippen molar-refractivity contribution in [2.45, 2.75) is 30.6 Å². The lowest BCUT2D eigenvalue weighted by molar-refractivity contribution is -0.141. The number of ether oxygens (including phenoxy) is 1. The van der Waals surface area contributed by atoms with Crippen molar-refractivity contribution >= 4 is 10.9 Å². The molecule has 106 valence electrons. The highest BCUT2D eigenvalue weighted by Crippen LogP contribution is 2.47. The van der Waals surface area contributed by atoms with E-state index >= 15 is 0 Å². The summed E-state index contributed by atoms with van der Waals surface area (Å²) in [7, 11) is 3.86. The van der Waals surface area contributed by atoms with Gasteiger partial charge in [0.2, 0.25) is 0 Å². The number of likely N-dealkylation sites (tertiary alicyclic amines) is 1. The van der Waals surface area contributed by atoms with E-state index in [1.165, 1.54) is 16.5 Å². The maximum Gasteiger partial charge on any atom is 0.112 e. The monoisotopic (exact) mass is 272 g/mol. The van der Waals surface area contributed by atoms with Crippen LogP contribution in [0.5, 0.6) is 0 Å². The van der Waals surface area contributed by atoms with Gasteiger partial charge in [-0.1, -0.05) is 12.1 Å². The lowest BCUT2D eigenvalue weighted by Gasteiger charge is -2.52. The molecule has 1 fully saturated rings. The van der Waals surface area contributed by atoms with Crippen molar-refractivity contribution in [1.82, 2.24) is 9.88 Å². The zero-order valence-electron chi connectivity index (χ0n) is 11.9. The number of aromatic amines is 1. The SMILES string of the molecule is CO[C@]12C[C@@H](O)CN(C)[C@@H]1Cc1c[nH]c3cccc2c13. The Morgan fingerprint density at radius 1 is 1.45 bits per heavy atom. The standard InChI is InChI=1S/C16H20N2O2/c1-18-9-11(19)7-16(20-2)12-4-3-5-13-15(12)10(8-17-13)6-14(16)18/h3-5,8,11,14,17,19H,6-7,9H2,1-2H3/t11-,14-,16+/m1/s1. The molecule has 4 rings (SSSR count). The van der Waals surface area contributed by atoms with Crippen molar-refractivity contribution in [2.75, 3.05) is 20.7 Å². The van der Waals surface area contributed by atoms with Crippen LogP contribution >= 0.6 is 0 Å². The van der Waals surface area contributed by atoms with Crippen LogP contribution in [0.15, 0.2) is 24.4 Å². The van der Waals surface area contributed by atoms with Crippen LogP contribution in [0, 0.1) is 0 Å². The van der Waals surface area contributed by atoms with E-state index < -0.39 is 5.60 Å². The molecule has 0 amide bonds. The number of aromatic nitrogens is 1. The van der Waals surface area contributed by atoms with E-state index in [-0.39, 0.29) is 12.1 Å². The Morgan fingerprint density at radius 3 is 3.10 bits per heavy atom. The number of benzene rings is 1. The number of hydrogen-bond donors (Lipinski definition) is 2. The number of fused-ring (bicyclic) bond motifs is 2. The van der Waals surface area contributed by atoms with Gasteiger partial charge in [-0.25, -0.2) is 0 Å². The van der Waals surface area contributed by atoms with E-state index in [0.29, 0.717) is 13.0 Å². The summed E-state index contributed by atoms with van der Waals surface area (Å²) in [6, 6.07) is 6.61. The number of aliphatic hydroxyl groups excluding tert-OH is 1. The third-order valence-electron chi connectivity index (χ3n) is 5.13. The second-order valence-corrected chi connectivity index (χ2v) is 6.15. The second kappa shape index (κ2) is 4.07. The lowest BCUT2D eigenvalue weighted by atomic mass is 9.70. The molecule has 0 spiro atoms. The van der Waals surface area contributed by atoms with Crippen molar-refractivity contribution in [3.05, 3.63) is 35.5 Å². The molecule has 2 N–H and O–H groups in total. The molecule has 2 aliphatic rings. The highest BCUT2D eigenvalue weighted by atomic mass is 16.5. The average molecular weight is 272 g/mol. The molecule has 1 aromatic heterocycles. The van der Waals surface area contributed by atoms with Crippen LogP contribution in [0.4, 0.5) is 0 Å². The molecule has 1 saturated heterocycles. The molecule has 2 heterocycles. The average Bonchev–Trinajstić information content (AvgIpc) is 2.85. The van der Waals surface area contributed by atoms with Gasteiger partial charge in [0.25, 0.3) is 0 Å². The largest absolute Gasteiger partial charge is 0.392 e. The van der Waals surface area contributed by atoms with Gasteiger partial charge in [-0.3, -0.25) is 4.90 Å². The number of likely N-dealkylation sites (N-methyl/N-ethyl adjacent to an activating group) is 1. The van der Waals surface area contributed by atoms with Gasteiger partial charge in [0, 0.05) is 43.2 Å². The predicted molar refractivity (Wildman–Crippen MR) is 77.7 cm³/mol. The highest BCUT2D eigenvalue weighted by Gasteiger charge is 2.51. The maximum atomic E-state index is 10.2. The van der Waals surface area contributed by atoms with Crippen LogP contribution in [0.1, 0.15) is 17.5 Å². The van der Waals surface area contributed by atoms with Gasteiger partial charge in [-0.05, 0) is 30.7 Å². The Bertz CT molecular complexity index is 666. The molecule has 1 aromatic carbocycles. The summed E-state index contributed by atoms with van der Waals surface area (Å²) in [5.41, 5.74) is 3.34. The Labute approximate surface area is 118 Å². The normalized spacial score (nSPS) is 33.4. The third kappa shape index (κ3) is 1.41. The molecule has 0 radical (unpaired) electrons. The van der Waals surface area contributed by atoms with Gasteiger partial charge < -0.3 is 14.8 Å². The van der Waals surface area contributed by atoms with Gasteiger partial charge in [0.05, 0.1) is 6.10 Å².